The number of carbonyl (C=O) groups is 1. The van der Waals surface area contributed by atoms with Crippen LogP contribution in [0.2, 0.25) is 0 Å². The summed E-state index contributed by atoms with van der Waals surface area (Å²) in [5.41, 5.74) is 1.29. The van der Waals surface area contributed by atoms with Crippen molar-refractivity contribution in [3.8, 4) is 5.75 Å². The van der Waals surface area contributed by atoms with Gasteiger partial charge in [0.1, 0.15) is 11.5 Å². The van der Waals surface area contributed by atoms with Crippen LogP contribution in [0, 0.1) is 0 Å². The number of hydrogen-bond donors (Lipinski definition) is 2. The van der Waals surface area contributed by atoms with Gasteiger partial charge in [0.05, 0.1) is 12.8 Å². The van der Waals surface area contributed by atoms with Gasteiger partial charge >= 0.3 is 6.03 Å². The van der Waals surface area contributed by atoms with E-state index >= 15 is 0 Å². The highest BCUT2D eigenvalue weighted by Gasteiger charge is 2.02. The fourth-order valence-electron chi connectivity index (χ4n) is 1.87. The van der Waals surface area contributed by atoms with Crippen molar-refractivity contribution in [2.45, 2.75) is 26.3 Å². The van der Waals surface area contributed by atoms with Crippen LogP contribution in [0.4, 0.5) is 4.79 Å². The summed E-state index contributed by atoms with van der Waals surface area (Å²) in [7, 11) is 0. The van der Waals surface area contributed by atoms with Crippen LogP contribution >= 0.6 is 0 Å². The molecule has 5 heteroatoms. The smallest absolute Gasteiger partial charge is 0.317 e. The molecule has 1 heterocycles. The fourth-order valence-corrected chi connectivity index (χ4v) is 1.87. The Kier molecular flexibility index (Phi) is 5.70. The molecule has 0 bridgehead atoms. The largest absolute Gasteiger partial charge is 0.473 e. The highest BCUT2D eigenvalue weighted by Crippen LogP contribution is 2.12. The van der Waals surface area contributed by atoms with E-state index in [0.717, 1.165) is 18.6 Å². The second-order valence-corrected chi connectivity index (χ2v) is 4.62. The molecule has 0 aliphatic heterocycles. The van der Waals surface area contributed by atoms with Gasteiger partial charge in [0, 0.05) is 0 Å². The summed E-state index contributed by atoms with van der Waals surface area (Å²) in [5.74, 6) is 1.44. The molecule has 0 fully saturated rings. The van der Waals surface area contributed by atoms with E-state index in [4.69, 9.17) is 9.15 Å². The first-order valence-electron chi connectivity index (χ1n) is 7.03. The molecular formula is C16H20N2O3. The lowest BCUT2D eigenvalue weighted by Crippen LogP contribution is -2.37. The first-order valence-corrected chi connectivity index (χ1v) is 7.03. The SMILES string of the molecule is CCCc1ccc(OCNC(=O)NCc2ccco2)cc1. The second kappa shape index (κ2) is 7.99. The quantitative estimate of drug-likeness (QED) is 0.770. The van der Waals surface area contributed by atoms with Crippen molar-refractivity contribution >= 4 is 6.03 Å². The monoisotopic (exact) mass is 288 g/mol. The number of carbonyl (C=O) groups excluding carboxylic acids is 1. The Morgan fingerprint density at radius 2 is 2.00 bits per heavy atom. The van der Waals surface area contributed by atoms with Crippen molar-refractivity contribution in [1.29, 1.82) is 0 Å². The number of rotatable bonds is 7. The average molecular weight is 288 g/mol. The Balaban J connectivity index is 1.65. The number of benzene rings is 1. The summed E-state index contributed by atoms with van der Waals surface area (Å²) in [5, 5.41) is 5.29. The van der Waals surface area contributed by atoms with Crippen molar-refractivity contribution < 1.29 is 13.9 Å². The number of aryl methyl sites for hydroxylation is 1. The molecule has 0 unspecified atom stereocenters. The fraction of sp³-hybridized carbons (Fsp3) is 0.312. The van der Waals surface area contributed by atoms with Gasteiger partial charge in [-0.2, -0.15) is 0 Å². The maximum atomic E-state index is 11.5. The lowest BCUT2D eigenvalue weighted by Gasteiger charge is -2.09. The van der Waals surface area contributed by atoms with Crippen molar-refractivity contribution in [2.24, 2.45) is 0 Å². The van der Waals surface area contributed by atoms with Crippen LogP contribution in [0.3, 0.4) is 0 Å². The van der Waals surface area contributed by atoms with Crippen LogP contribution in [-0.2, 0) is 13.0 Å². The summed E-state index contributed by atoms with van der Waals surface area (Å²) in [6, 6.07) is 11.2. The Labute approximate surface area is 124 Å². The van der Waals surface area contributed by atoms with Crippen LogP contribution in [0.25, 0.3) is 0 Å². The molecule has 0 aliphatic carbocycles. The summed E-state index contributed by atoms with van der Waals surface area (Å²) < 4.78 is 10.6. The van der Waals surface area contributed by atoms with Crippen LogP contribution in [0.1, 0.15) is 24.7 Å². The van der Waals surface area contributed by atoms with E-state index in [1.807, 2.05) is 24.3 Å². The highest BCUT2D eigenvalue weighted by atomic mass is 16.5. The number of nitrogens with one attached hydrogen (secondary N) is 2. The number of hydrogen-bond acceptors (Lipinski definition) is 3. The number of urea groups is 1. The summed E-state index contributed by atoms with van der Waals surface area (Å²) in [6.07, 6.45) is 3.76. The normalized spacial score (nSPS) is 10.1. The maximum Gasteiger partial charge on any atom is 0.317 e. The summed E-state index contributed by atoms with van der Waals surface area (Å²) in [6.45, 7) is 2.62. The van der Waals surface area contributed by atoms with Crippen LogP contribution in [-0.4, -0.2) is 12.8 Å². The van der Waals surface area contributed by atoms with E-state index in [2.05, 4.69) is 17.6 Å². The maximum absolute atomic E-state index is 11.5. The number of ether oxygens (including phenoxy) is 1. The van der Waals surface area contributed by atoms with Gasteiger partial charge < -0.3 is 19.8 Å². The molecule has 0 aliphatic rings. The molecule has 2 rings (SSSR count). The lowest BCUT2D eigenvalue weighted by molar-refractivity contribution is 0.223. The zero-order valence-electron chi connectivity index (χ0n) is 12.1. The van der Waals surface area contributed by atoms with E-state index in [1.54, 1.807) is 18.4 Å². The first kappa shape index (κ1) is 15.0. The van der Waals surface area contributed by atoms with E-state index in [9.17, 15) is 4.79 Å². The molecule has 1 aromatic heterocycles. The Morgan fingerprint density at radius 1 is 1.19 bits per heavy atom. The third-order valence-corrected chi connectivity index (χ3v) is 2.94. The third kappa shape index (κ3) is 5.22. The van der Waals surface area contributed by atoms with E-state index < -0.39 is 0 Å². The topological polar surface area (TPSA) is 63.5 Å². The van der Waals surface area contributed by atoms with E-state index in [-0.39, 0.29) is 12.8 Å². The molecule has 0 atom stereocenters. The van der Waals surface area contributed by atoms with E-state index in [0.29, 0.717) is 12.3 Å². The van der Waals surface area contributed by atoms with Crippen molar-refractivity contribution in [3.63, 3.8) is 0 Å². The standard InChI is InChI=1S/C16H20N2O3/c1-2-4-13-6-8-14(9-7-13)21-12-18-16(19)17-11-15-5-3-10-20-15/h3,5-10H,2,4,11-12H2,1H3,(H2,17,18,19). The zero-order valence-corrected chi connectivity index (χ0v) is 12.1. The second-order valence-electron chi connectivity index (χ2n) is 4.62. The molecule has 2 N–H and O–H groups in total. The lowest BCUT2D eigenvalue weighted by atomic mass is 10.1. The zero-order chi connectivity index (χ0) is 14.9. The summed E-state index contributed by atoms with van der Waals surface area (Å²) in [4.78, 5) is 11.5. The predicted octanol–water partition coefficient (Wildman–Crippen LogP) is 3.07. The summed E-state index contributed by atoms with van der Waals surface area (Å²) >= 11 is 0. The molecule has 1 aromatic carbocycles. The third-order valence-electron chi connectivity index (χ3n) is 2.94. The van der Waals surface area contributed by atoms with Gasteiger partial charge in [0.25, 0.3) is 0 Å². The van der Waals surface area contributed by atoms with Gasteiger partial charge in [-0.1, -0.05) is 25.5 Å². The van der Waals surface area contributed by atoms with Gasteiger partial charge in [-0.05, 0) is 36.2 Å². The van der Waals surface area contributed by atoms with Gasteiger partial charge in [-0.3, -0.25) is 0 Å². The van der Waals surface area contributed by atoms with Gasteiger partial charge in [-0.15, -0.1) is 0 Å². The number of amides is 2. The molecule has 21 heavy (non-hydrogen) atoms. The van der Waals surface area contributed by atoms with Gasteiger partial charge in [0.2, 0.25) is 0 Å². The van der Waals surface area contributed by atoms with Gasteiger partial charge in [-0.25, -0.2) is 4.79 Å². The van der Waals surface area contributed by atoms with Crippen LogP contribution < -0.4 is 15.4 Å². The first-order chi connectivity index (χ1) is 10.3. The molecule has 5 nitrogen and oxygen atoms in total. The molecule has 0 saturated heterocycles. The molecular weight excluding hydrogens is 268 g/mol. The van der Waals surface area contributed by atoms with Crippen molar-refractivity contribution in [2.75, 3.05) is 6.73 Å². The molecule has 0 spiro atoms. The minimum absolute atomic E-state index is 0.122. The molecule has 0 radical (unpaired) electrons. The molecule has 2 aromatic rings. The van der Waals surface area contributed by atoms with E-state index in [1.165, 1.54) is 5.56 Å². The minimum atomic E-state index is -0.297. The predicted molar refractivity (Wildman–Crippen MR) is 80.0 cm³/mol. The van der Waals surface area contributed by atoms with Crippen molar-refractivity contribution in [3.05, 3.63) is 54.0 Å². The Hall–Kier alpha value is -2.43. The Bertz CT molecular complexity index is 535. The molecule has 2 amide bonds. The molecule has 112 valence electrons. The number of furan rings is 1. The van der Waals surface area contributed by atoms with Gasteiger partial charge in [0.15, 0.2) is 6.73 Å². The van der Waals surface area contributed by atoms with Crippen molar-refractivity contribution in [1.82, 2.24) is 10.6 Å². The van der Waals surface area contributed by atoms with Crippen LogP contribution in [0.15, 0.2) is 47.1 Å². The highest BCUT2D eigenvalue weighted by molar-refractivity contribution is 5.73. The Morgan fingerprint density at radius 3 is 2.67 bits per heavy atom. The van der Waals surface area contributed by atoms with Crippen LogP contribution in [0.5, 0.6) is 5.75 Å². The average Bonchev–Trinajstić information content (AvgIpc) is 3.01. The minimum Gasteiger partial charge on any atom is -0.473 e. The molecule has 0 saturated carbocycles.